The standard InChI is InChI=1S/C10H15N3O2S/c1-13(7-8-2-3-8)16(14,15)10-6-12-5-4-9(10)11/h4-6,8H,2-3,7H2,1H3,(H2,11,12). The van der Waals surface area contributed by atoms with E-state index in [2.05, 4.69) is 4.98 Å². The first-order valence-corrected chi connectivity index (χ1v) is 6.61. The molecule has 0 amide bonds. The van der Waals surface area contributed by atoms with E-state index in [0.717, 1.165) is 12.8 Å². The molecule has 0 spiro atoms. The Hall–Kier alpha value is -1.14. The van der Waals surface area contributed by atoms with Crippen molar-refractivity contribution >= 4 is 15.7 Å². The van der Waals surface area contributed by atoms with Gasteiger partial charge in [0.25, 0.3) is 0 Å². The lowest BCUT2D eigenvalue weighted by Gasteiger charge is -2.17. The second-order valence-electron chi connectivity index (χ2n) is 4.14. The van der Waals surface area contributed by atoms with Crippen molar-refractivity contribution in [1.29, 1.82) is 0 Å². The summed E-state index contributed by atoms with van der Waals surface area (Å²) in [6.45, 7) is 0.566. The number of nitrogens with zero attached hydrogens (tertiary/aromatic N) is 2. The van der Waals surface area contributed by atoms with Gasteiger partial charge in [-0.05, 0) is 24.8 Å². The number of hydrogen-bond donors (Lipinski definition) is 1. The molecule has 0 saturated heterocycles. The number of sulfonamides is 1. The molecule has 88 valence electrons. The maximum atomic E-state index is 12.1. The predicted molar refractivity (Wildman–Crippen MR) is 61.2 cm³/mol. The summed E-state index contributed by atoms with van der Waals surface area (Å²) >= 11 is 0. The molecule has 0 aromatic carbocycles. The Labute approximate surface area is 95.3 Å². The van der Waals surface area contributed by atoms with E-state index in [1.54, 1.807) is 7.05 Å². The summed E-state index contributed by atoms with van der Waals surface area (Å²) in [5.41, 5.74) is 5.89. The topological polar surface area (TPSA) is 76.3 Å². The first kappa shape index (κ1) is 11.3. The van der Waals surface area contributed by atoms with Gasteiger partial charge in [0, 0.05) is 26.0 Å². The van der Waals surface area contributed by atoms with Crippen LogP contribution in [0.2, 0.25) is 0 Å². The summed E-state index contributed by atoms with van der Waals surface area (Å²) in [7, 11) is -1.90. The minimum Gasteiger partial charge on any atom is -0.398 e. The van der Waals surface area contributed by atoms with Crippen LogP contribution >= 0.6 is 0 Å². The molecule has 2 rings (SSSR count). The number of hydrogen-bond acceptors (Lipinski definition) is 4. The van der Waals surface area contributed by atoms with Gasteiger partial charge in [0.05, 0.1) is 5.69 Å². The van der Waals surface area contributed by atoms with Crippen LogP contribution in [0.1, 0.15) is 12.8 Å². The molecule has 1 aromatic heterocycles. The zero-order chi connectivity index (χ0) is 11.8. The van der Waals surface area contributed by atoms with Gasteiger partial charge in [0.15, 0.2) is 0 Å². The first-order chi connectivity index (χ1) is 7.51. The Balaban J connectivity index is 2.27. The Morgan fingerprint density at radius 1 is 1.56 bits per heavy atom. The van der Waals surface area contributed by atoms with Crippen molar-refractivity contribution in [3.63, 3.8) is 0 Å². The summed E-state index contributed by atoms with van der Waals surface area (Å²) in [4.78, 5) is 3.90. The van der Waals surface area contributed by atoms with Crippen LogP contribution in [0.25, 0.3) is 0 Å². The number of nitrogens with two attached hydrogens (primary N) is 1. The number of nitrogen functional groups attached to an aromatic ring is 1. The Morgan fingerprint density at radius 2 is 2.25 bits per heavy atom. The second-order valence-corrected chi connectivity index (χ2v) is 6.16. The lowest BCUT2D eigenvalue weighted by atomic mass is 10.4. The number of anilines is 1. The smallest absolute Gasteiger partial charge is 0.246 e. The highest BCUT2D eigenvalue weighted by molar-refractivity contribution is 7.89. The molecule has 1 aromatic rings. The van der Waals surface area contributed by atoms with Crippen molar-refractivity contribution in [2.45, 2.75) is 17.7 Å². The number of aromatic nitrogens is 1. The largest absolute Gasteiger partial charge is 0.398 e. The molecule has 1 saturated carbocycles. The molecule has 1 fully saturated rings. The van der Waals surface area contributed by atoms with Crippen LogP contribution in [0.3, 0.4) is 0 Å². The average molecular weight is 241 g/mol. The normalized spacial score (nSPS) is 16.6. The van der Waals surface area contributed by atoms with E-state index in [0.29, 0.717) is 12.5 Å². The highest BCUT2D eigenvalue weighted by Gasteiger charge is 2.30. The molecule has 1 heterocycles. The van der Waals surface area contributed by atoms with Crippen LogP contribution in [-0.4, -0.2) is 31.3 Å². The van der Waals surface area contributed by atoms with Gasteiger partial charge >= 0.3 is 0 Å². The summed E-state index contributed by atoms with van der Waals surface area (Å²) < 4.78 is 25.6. The monoisotopic (exact) mass is 241 g/mol. The molecular weight excluding hydrogens is 226 g/mol. The highest BCUT2D eigenvalue weighted by atomic mass is 32.2. The van der Waals surface area contributed by atoms with Crippen molar-refractivity contribution in [2.24, 2.45) is 5.92 Å². The van der Waals surface area contributed by atoms with Crippen LogP contribution in [0.4, 0.5) is 5.69 Å². The zero-order valence-corrected chi connectivity index (χ0v) is 9.94. The van der Waals surface area contributed by atoms with E-state index < -0.39 is 10.0 Å². The van der Waals surface area contributed by atoms with Crippen LogP contribution in [0, 0.1) is 5.92 Å². The summed E-state index contributed by atoms with van der Waals surface area (Å²) in [5.74, 6) is 0.512. The van der Waals surface area contributed by atoms with Gasteiger partial charge in [-0.15, -0.1) is 0 Å². The molecule has 0 bridgehead atoms. The van der Waals surface area contributed by atoms with Crippen LogP contribution in [-0.2, 0) is 10.0 Å². The van der Waals surface area contributed by atoms with E-state index in [-0.39, 0.29) is 10.6 Å². The van der Waals surface area contributed by atoms with Crippen molar-refractivity contribution in [2.75, 3.05) is 19.3 Å². The zero-order valence-electron chi connectivity index (χ0n) is 9.13. The molecule has 2 N–H and O–H groups in total. The van der Waals surface area contributed by atoms with Gasteiger partial charge in [0.2, 0.25) is 10.0 Å². The predicted octanol–water partition coefficient (Wildman–Crippen LogP) is 0.694. The first-order valence-electron chi connectivity index (χ1n) is 5.17. The minimum atomic E-state index is -3.48. The lowest BCUT2D eigenvalue weighted by molar-refractivity contribution is 0.453. The molecule has 1 aliphatic rings. The molecule has 0 radical (unpaired) electrons. The summed E-state index contributed by atoms with van der Waals surface area (Å²) in [6.07, 6.45) is 5.01. The maximum absolute atomic E-state index is 12.1. The van der Waals surface area contributed by atoms with E-state index in [1.165, 1.54) is 22.8 Å². The van der Waals surface area contributed by atoms with Crippen LogP contribution in [0.5, 0.6) is 0 Å². The highest BCUT2D eigenvalue weighted by Crippen LogP contribution is 2.31. The molecule has 0 unspecified atom stereocenters. The van der Waals surface area contributed by atoms with Gasteiger partial charge in [-0.3, -0.25) is 4.98 Å². The fourth-order valence-electron chi connectivity index (χ4n) is 1.54. The van der Waals surface area contributed by atoms with E-state index in [4.69, 9.17) is 5.73 Å². The third-order valence-corrected chi connectivity index (χ3v) is 4.58. The van der Waals surface area contributed by atoms with Gasteiger partial charge < -0.3 is 5.73 Å². The minimum absolute atomic E-state index is 0.0955. The van der Waals surface area contributed by atoms with Crippen LogP contribution < -0.4 is 5.73 Å². The van der Waals surface area contributed by atoms with Gasteiger partial charge in [-0.1, -0.05) is 0 Å². The molecule has 0 aliphatic heterocycles. The summed E-state index contributed by atoms with van der Waals surface area (Å²) in [5, 5.41) is 0. The maximum Gasteiger partial charge on any atom is 0.246 e. The molecule has 1 aliphatic carbocycles. The van der Waals surface area contributed by atoms with E-state index in [1.807, 2.05) is 0 Å². The molecule has 6 heteroatoms. The van der Waals surface area contributed by atoms with Crippen molar-refractivity contribution < 1.29 is 8.42 Å². The van der Waals surface area contributed by atoms with Gasteiger partial charge in [0.1, 0.15) is 4.90 Å². The Bertz CT molecular complexity index is 483. The lowest BCUT2D eigenvalue weighted by Crippen LogP contribution is -2.29. The van der Waals surface area contributed by atoms with Crippen molar-refractivity contribution in [3.8, 4) is 0 Å². The van der Waals surface area contributed by atoms with Gasteiger partial charge in [-0.2, -0.15) is 0 Å². The van der Waals surface area contributed by atoms with E-state index in [9.17, 15) is 8.42 Å². The molecular formula is C10H15N3O2S. The molecule has 16 heavy (non-hydrogen) atoms. The van der Waals surface area contributed by atoms with Crippen LogP contribution in [0.15, 0.2) is 23.4 Å². The second kappa shape index (κ2) is 4.03. The Kier molecular flexibility index (Phi) is 2.86. The number of pyridine rings is 1. The fourth-order valence-corrected chi connectivity index (χ4v) is 2.84. The third kappa shape index (κ3) is 2.17. The SMILES string of the molecule is CN(CC1CC1)S(=O)(=O)c1cnccc1N. The molecule has 5 nitrogen and oxygen atoms in total. The fraction of sp³-hybridized carbons (Fsp3) is 0.500. The third-order valence-electron chi connectivity index (χ3n) is 2.72. The Morgan fingerprint density at radius 3 is 2.81 bits per heavy atom. The van der Waals surface area contributed by atoms with E-state index >= 15 is 0 Å². The average Bonchev–Trinajstić information content (AvgIpc) is 3.02. The van der Waals surface area contributed by atoms with Gasteiger partial charge in [-0.25, -0.2) is 12.7 Å². The molecule has 0 atom stereocenters. The van der Waals surface area contributed by atoms with Crippen molar-refractivity contribution in [3.05, 3.63) is 18.5 Å². The quantitative estimate of drug-likeness (QED) is 0.841. The van der Waals surface area contributed by atoms with Crippen molar-refractivity contribution in [1.82, 2.24) is 9.29 Å². The number of rotatable bonds is 4. The summed E-state index contributed by atoms with van der Waals surface area (Å²) in [6, 6.07) is 1.50.